The minimum Gasteiger partial charge on any atom is -0.359 e. The maximum atomic E-state index is 13.8. The smallest absolute Gasteiger partial charge is 0.270 e. The van der Waals surface area contributed by atoms with Crippen molar-refractivity contribution in [3.8, 4) is 0 Å². The summed E-state index contributed by atoms with van der Waals surface area (Å²) in [5.74, 6) is -1.34. The van der Waals surface area contributed by atoms with Crippen LogP contribution in [-0.2, 0) is 0 Å². The Morgan fingerprint density at radius 1 is 1.16 bits per heavy atom. The minimum atomic E-state index is -2.02. The summed E-state index contributed by atoms with van der Waals surface area (Å²) in [4.78, 5) is 22.5. The number of nitro groups is 1. The van der Waals surface area contributed by atoms with E-state index in [1.165, 1.54) is 36.4 Å². The fraction of sp³-hybridized carbons (Fsp3) is 0.133. The van der Waals surface area contributed by atoms with Gasteiger partial charge in [-0.2, -0.15) is 0 Å². The minimum absolute atomic E-state index is 0.0104. The predicted octanol–water partition coefficient (Wildman–Crippen LogP) is 4.27. The number of halogens is 4. The van der Waals surface area contributed by atoms with E-state index < -0.39 is 26.6 Å². The lowest BCUT2D eigenvalue weighted by Crippen LogP contribution is -2.49. The van der Waals surface area contributed by atoms with E-state index in [1.54, 1.807) is 6.07 Å². The van der Waals surface area contributed by atoms with Crippen molar-refractivity contribution < 1.29 is 14.1 Å². The van der Waals surface area contributed by atoms with Gasteiger partial charge >= 0.3 is 0 Å². The second-order valence-electron chi connectivity index (χ2n) is 4.88. The molecular formula is C15H11Cl3FN3O3. The van der Waals surface area contributed by atoms with E-state index in [9.17, 15) is 19.3 Å². The molecule has 10 heteroatoms. The molecule has 0 saturated heterocycles. The molecule has 0 aliphatic rings. The quantitative estimate of drug-likeness (QED) is 0.336. The van der Waals surface area contributed by atoms with Crippen LogP contribution in [0.15, 0.2) is 48.5 Å². The maximum absolute atomic E-state index is 13.8. The number of amides is 1. The molecule has 0 radical (unpaired) electrons. The van der Waals surface area contributed by atoms with Gasteiger partial charge in [-0.1, -0.05) is 53.0 Å². The number of nitrogens with zero attached hydrogens (tertiary/aromatic N) is 1. The Hall–Kier alpha value is -2.09. The van der Waals surface area contributed by atoms with Crippen molar-refractivity contribution in [2.75, 3.05) is 5.32 Å². The van der Waals surface area contributed by atoms with Crippen molar-refractivity contribution in [3.63, 3.8) is 0 Å². The Kier molecular flexibility index (Phi) is 6.05. The monoisotopic (exact) mass is 405 g/mol. The van der Waals surface area contributed by atoms with Crippen LogP contribution in [0.4, 0.5) is 15.8 Å². The largest absolute Gasteiger partial charge is 0.359 e. The Bertz CT molecular complexity index is 799. The molecule has 2 aromatic carbocycles. The summed E-state index contributed by atoms with van der Waals surface area (Å²) in [7, 11) is 0. The van der Waals surface area contributed by atoms with E-state index in [-0.39, 0.29) is 16.9 Å². The molecule has 1 atom stereocenters. The van der Waals surface area contributed by atoms with Gasteiger partial charge in [-0.25, -0.2) is 4.39 Å². The van der Waals surface area contributed by atoms with Gasteiger partial charge in [0.1, 0.15) is 12.0 Å². The first-order valence-electron chi connectivity index (χ1n) is 6.81. The third-order valence-electron chi connectivity index (χ3n) is 3.10. The van der Waals surface area contributed by atoms with Crippen LogP contribution in [0.3, 0.4) is 0 Å². The van der Waals surface area contributed by atoms with Crippen LogP contribution in [-0.4, -0.2) is 20.8 Å². The number of anilines is 1. The van der Waals surface area contributed by atoms with Crippen molar-refractivity contribution in [1.29, 1.82) is 0 Å². The van der Waals surface area contributed by atoms with Crippen LogP contribution in [0.25, 0.3) is 0 Å². The van der Waals surface area contributed by atoms with Crippen LogP contribution in [0, 0.1) is 15.9 Å². The first kappa shape index (κ1) is 19.2. The second-order valence-corrected chi connectivity index (χ2v) is 7.25. The summed E-state index contributed by atoms with van der Waals surface area (Å²) in [6.07, 6.45) is -1.29. The highest BCUT2D eigenvalue weighted by molar-refractivity contribution is 6.68. The number of alkyl halides is 3. The third kappa shape index (κ3) is 5.19. The molecule has 2 rings (SSSR count). The zero-order valence-corrected chi connectivity index (χ0v) is 14.6. The average molecular weight is 407 g/mol. The highest BCUT2D eigenvalue weighted by atomic mass is 35.6. The average Bonchev–Trinajstić information content (AvgIpc) is 2.55. The number of carbonyl (C=O) groups excluding carboxylic acids is 1. The van der Waals surface area contributed by atoms with Gasteiger partial charge < -0.3 is 10.6 Å². The molecule has 0 aliphatic heterocycles. The van der Waals surface area contributed by atoms with Crippen molar-refractivity contribution >= 4 is 52.1 Å². The third-order valence-corrected chi connectivity index (χ3v) is 3.75. The Balaban J connectivity index is 2.23. The maximum Gasteiger partial charge on any atom is 0.270 e. The van der Waals surface area contributed by atoms with E-state index in [0.29, 0.717) is 0 Å². The normalized spacial score (nSPS) is 12.3. The summed E-state index contributed by atoms with van der Waals surface area (Å²) >= 11 is 17.5. The molecule has 2 aromatic rings. The first-order valence-corrected chi connectivity index (χ1v) is 7.95. The van der Waals surface area contributed by atoms with E-state index in [2.05, 4.69) is 10.6 Å². The van der Waals surface area contributed by atoms with Crippen LogP contribution in [0.5, 0.6) is 0 Å². The second kappa shape index (κ2) is 7.86. The van der Waals surface area contributed by atoms with Gasteiger partial charge in [-0.05, 0) is 18.2 Å². The number of rotatable bonds is 5. The van der Waals surface area contributed by atoms with Gasteiger partial charge in [0.25, 0.3) is 11.6 Å². The van der Waals surface area contributed by atoms with Gasteiger partial charge in [0, 0.05) is 17.7 Å². The molecular weight excluding hydrogens is 396 g/mol. The van der Waals surface area contributed by atoms with E-state index in [1.807, 2.05) is 0 Å². The molecule has 0 aliphatic carbocycles. The standard InChI is InChI=1S/C15H11Cl3FN3O3/c16-15(17,18)14(20-12-7-2-1-6-11(12)19)21-13(23)9-4-3-5-10(8-9)22(24)25/h1-8,14,20H,(H,21,23). The molecule has 1 amide bonds. The molecule has 0 fully saturated rings. The molecule has 6 nitrogen and oxygen atoms in total. The Labute approximate surface area is 157 Å². The number of carbonyl (C=O) groups is 1. The lowest BCUT2D eigenvalue weighted by Gasteiger charge is -2.27. The zero-order valence-electron chi connectivity index (χ0n) is 12.4. The Morgan fingerprint density at radius 3 is 2.44 bits per heavy atom. The van der Waals surface area contributed by atoms with Crippen molar-refractivity contribution in [3.05, 3.63) is 70.0 Å². The summed E-state index contributed by atoms with van der Waals surface area (Å²) < 4.78 is 11.7. The molecule has 0 spiro atoms. The summed E-state index contributed by atoms with van der Waals surface area (Å²) in [5.41, 5.74) is -0.262. The zero-order chi connectivity index (χ0) is 18.6. The van der Waals surface area contributed by atoms with Crippen molar-refractivity contribution in [2.24, 2.45) is 0 Å². The lowest BCUT2D eigenvalue weighted by atomic mass is 10.2. The predicted molar refractivity (Wildman–Crippen MR) is 94.7 cm³/mol. The van der Waals surface area contributed by atoms with Crippen molar-refractivity contribution in [1.82, 2.24) is 5.32 Å². The summed E-state index contributed by atoms with van der Waals surface area (Å²) in [5, 5.41) is 15.8. The topological polar surface area (TPSA) is 84.3 Å². The van der Waals surface area contributed by atoms with Gasteiger partial charge in [0.05, 0.1) is 10.6 Å². The lowest BCUT2D eigenvalue weighted by molar-refractivity contribution is -0.384. The Morgan fingerprint density at radius 2 is 1.84 bits per heavy atom. The number of hydrogen-bond acceptors (Lipinski definition) is 4. The van der Waals surface area contributed by atoms with Crippen LogP contribution >= 0.6 is 34.8 Å². The molecule has 0 heterocycles. The fourth-order valence-electron chi connectivity index (χ4n) is 1.91. The fourth-order valence-corrected chi connectivity index (χ4v) is 2.24. The highest BCUT2D eigenvalue weighted by Gasteiger charge is 2.35. The summed E-state index contributed by atoms with van der Waals surface area (Å²) in [6, 6.07) is 10.7. The van der Waals surface area contributed by atoms with Gasteiger partial charge in [-0.3, -0.25) is 14.9 Å². The number of nitro benzene ring substituents is 1. The van der Waals surface area contributed by atoms with E-state index in [0.717, 1.165) is 6.07 Å². The van der Waals surface area contributed by atoms with Gasteiger partial charge in [-0.15, -0.1) is 0 Å². The van der Waals surface area contributed by atoms with E-state index >= 15 is 0 Å². The molecule has 0 saturated carbocycles. The molecule has 0 aromatic heterocycles. The summed E-state index contributed by atoms with van der Waals surface area (Å²) in [6.45, 7) is 0. The molecule has 132 valence electrons. The number of nitrogens with one attached hydrogen (secondary N) is 2. The van der Waals surface area contributed by atoms with Gasteiger partial charge in [0.15, 0.2) is 0 Å². The van der Waals surface area contributed by atoms with Crippen molar-refractivity contribution in [2.45, 2.75) is 9.96 Å². The molecule has 0 bridgehead atoms. The highest BCUT2D eigenvalue weighted by Crippen LogP contribution is 2.31. The van der Waals surface area contributed by atoms with E-state index in [4.69, 9.17) is 34.8 Å². The molecule has 1 unspecified atom stereocenters. The van der Waals surface area contributed by atoms with Gasteiger partial charge in [0.2, 0.25) is 3.79 Å². The number of hydrogen-bond donors (Lipinski definition) is 2. The molecule has 25 heavy (non-hydrogen) atoms. The molecule has 2 N–H and O–H groups in total. The van der Waals surface area contributed by atoms with Crippen LogP contribution in [0.2, 0.25) is 0 Å². The number of non-ortho nitro benzene ring substituents is 1. The van der Waals surface area contributed by atoms with Crippen LogP contribution in [0.1, 0.15) is 10.4 Å². The van der Waals surface area contributed by atoms with Crippen LogP contribution < -0.4 is 10.6 Å². The SMILES string of the molecule is O=C(NC(Nc1ccccc1F)C(Cl)(Cl)Cl)c1cccc([N+](=O)[O-])c1. The first-order chi connectivity index (χ1) is 11.7. The number of benzene rings is 2. The number of para-hydroxylation sites is 1.